The molecule has 0 heterocycles. The van der Waals surface area contributed by atoms with Crippen LogP contribution < -0.4 is 5.32 Å². The number of carboxylic acids is 1. The molecule has 0 bridgehead atoms. The first kappa shape index (κ1) is 16.9. The number of carbonyl (C=O) groups excluding carboxylic acids is 1. The summed E-state index contributed by atoms with van der Waals surface area (Å²) in [6, 6.07) is 0.147. The molecule has 1 unspecified atom stereocenters. The minimum atomic E-state index is -0.898. The van der Waals surface area contributed by atoms with Gasteiger partial charge in [0.2, 0.25) is 5.91 Å². The number of amides is 1. The molecule has 0 rings (SSSR count). The topological polar surface area (TPSA) is 69.6 Å². The number of hydrogen-bond donors (Lipinski definition) is 2. The maximum Gasteiger partial charge on any atom is 0.317 e. The third-order valence-corrected chi connectivity index (χ3v) is 2.48. The standard InChI is InChI=1S/C13H26N2O3/c1-5-6-11(4)14-12(16)8-15(7-10(2)3)9-13(17)18/h10-11H,5-9H2,1-4H3,(H,14,16)(H,17,18). The Labute approximate surface area is 110 Å². The lowest BCUT2D eigenvalue weighted by molar-refractivity contribution is -0.138. The van der Waals surface area contributed by atoms with Gasteiger partial charge < -0.3 is 10.4 Å². The lowest BCUT2D eigenvalue weighted by Crippen LogP contribution is -2.43. The van der Waals surface area contributed by atoms with E-state index >= 15 is 0 Å². The highest BCUT2D eigenvalue weighted by Crippen LogP contribution is 1.99. The van der Waals surface area contributed by atoms with Crippen LogP contribution in [0.5, 0.6) is 0 Å². The smallest absolute Gasteiger partial charge is 0.317 e. The molecule has 5 heteroatoms. The molecule has 18 heavy (non-hydrogen) atoms. The van der Waals surface area contributed by atoms with Crippen LogP contribution in [0.2, 0.25) is 0 Å². The van der Waals surface area contributed by atoms with Gasteiger partial charge in [-0.15, -0.1) is 0 Å². The number of nitrogens with zero attached hydrogens (tertiary/aromatic N) is 1. The molecular formula is C13H26N2O3. The van der Waals surface area contributed by atoms with Gasteiger partial charge in [-0.3, -0.25) is 14.5 Å². The number of nitrogens with one attached hydrogen (secondary N) is 1. The van der Waals surface area contributed by atoms with Crippen molar-refractivity contribution in [3.63, 3.8) is 0 Å². The molecule has 0 radical (unpaired) electrons. The van der Waals surface area contributed by atoms with E-state index in [1.165, 1.54) is 0 Å². The minimum absolute atomic E-state index is 0.0895. The van der Waals surface area contributed by atoms with Crippen molar-refractivity contribution >= 4 is 11.9 Å². The highest BCUT2D eigenvalue weighted by molar-refractivity contribution is 5.79. The average molecular weight is 258 g/mol. The average Bonchev–Trinajstić information content (AvgIpc) is 2.14. The van der Waals surface area contributed by atoms with Gasteiger partial charge in [0.1, 0.15) is 0 Å². The van der Waals surface area contributed by atoms with E-state index in [-0.39, 0.29) is 25.0 Å². The van der Waals surface area contributed by atoms with Crippen molar-refractivity contribution in [3.05, 3.63) is 0 Å². The van der Waals surface area contributed by atoms with E-state index in [0.717, 1.165) is 12.8 Å². The maximum atomic E-state index is 11.8. The van der Waals surface area contributed by atoms with Crippen LogP contribution in [0.3, 0.4) is 0 Å². The zero-order valence-electron chi connectivity index (χ0n) is 11.9. The summed E-state index contributed by atoms with van der Waals surface area (Å²) >= 11 is 0. The van der Waals surface area contributed by atoms with Crippen LogP contribution in [0, 0.1) is 5.92 Å². The van der Waals surface area contributed by atoms with E-state index < -0.39 is 5.97 Å². The fourth-order valence-electron chi connectivity index (χ4n) is 1.92. The molecule has 1 atom stereocenters. The van der Waals surface area contributed by atoms with Gasteiger partial charge in [-0.2, -0.15) is 0 Å². The van der Waals surface area contributed by atoms with E-state index in [1.807, 2.05) is 20.8 Å². The monoisotopic (exact) mass is 258 g/mol. The third-order valence-electron chi connectivity index (χ3n) is 2.48. The highest BCUT2D eigenvalue weighted by Gasteiger charge is 2.16. The second kappa shape index (κ2) is 8.91. The number of carbonyl (C=O) groups is 2. The largest absolute Gasteiger partial charge is 0.480 e. The van der Waals surface area contributed by atoms with Crippen LogP contribution in [0.25, 0.3) is 0 Å². The number of rotatable bonds is 9. The van der Waals surface area contributed by atoms with Crippen molar-refractivity contribution in [2.75, 3.05) is 19.6 Å². The molecule has 0 aromatic rings. The van der Waals surface area contributed by atoms with Crippen LogP contribution >= 0.6 is 0 Å². The predicted octanol–water partition coefficient (Wildman–Crippen LogP) is 1.33. The van der Waals surface area contributed by atoms with Gasteiger partial charge >= 0.3 is 5.97 Å². The quantitative estimate of drug-likeness (QED) is 0.654. The third kappa shape index (κ3) is 8.98. The molecule has 0 aliphatic heterocycles. The van der Waals surface area contributed by atoms with Crippen LogP contribution in [-0.4, -0.2) is 47.6 Å². The number of carboxylic acid groups (broad SMARTS) is 1. The van der Waals surface area contributed by atoms with Crippen LogP contribution in [0.1, 0.15) is 40.5 Å². The summed E-state index contributed by atoms with van der Waals surface area (Å²) in [4.78, 5) is 24.1. The molecule has 5 nitrogen and oxygen atoms in total. The zero-order chi connectivity index (χ0) is 14.1. The Balaban J connectivity index is 4.20. The lowest BCUT2D eigenvalue weighted by Gasteiger charge is -2.22. The number of hydrogen-bond acceptors (Lipinski definition) is 3. The van der Waals surface area contributed by atoms with Crippen molar-refractivity contribution < 1.29 is 14.7 Å². The summed E-state index contributed by atoms with van der Waals surface area (Å²) in [5.74, 6) is -0.659. The molecule has 0 saturated heterocycles. The molecule has 0 aliphatic rings. The summed E-state index contributed by atoms with van der Waals surface area (Å²) in [5.41, 5.74) is 0. The van der Waals surface area contributed by atoms with Crippen LogP contribution in [-0.2, 0) is 9.59 Å². The molecule has 0 spiro atoms. The Hall–Kier alpha value is -1.10. The van der Waals surface area contributed by atoms with Gasteiger partial charge in [0, 0.05) is 12.6 Å². The molecule has 0 aromatic heterocycles. The molecule has 2 N–H and O–H groups in total. The van der Waals surface area contributed by atoms with E-state index in [0.29, 0.717) is 12.5 Å². The van der Waals surface area contributed by atoms with E-state index in [9.17, 15) is 9.59 Å². The Morgan fingerprint density at radius 2 is 1.83 bits per heavy atom. The first-order valence-electron chi connectivity index (χ1n) is 6.58. The fraction of sp³-hybridized carbons (Fsp3) is 0.846. The summed E-state index contributed by atoms with van der Waals surface area (Å²) < 4.78 is 0. The Morgan fingerprint density at radius 3 is 2.28 bits per heavy atom. The normalized spacial score (nSPS) is 12.8. The fourth-order valence-corrected chi connectivity index (χ4v) is 1.92. The summed E-state index contributed by atoms with van der Waals surface area (Å²) in [7, 11) is 0. The van der Waals surface area contributed by atoms with Crippen molar-refractivity contribution in [1.82, 2.24) is 10.2 Å². The van der Waals surface area contributed by atoms with Gasteiger partial charge in [0.25, 0.3) is 0 Å². The summed E-state index contributed by atoms with van der Waals surface area (Å²) in [6.45, 7) is 8.72. The predicted molar refractivity (Wildman–Crippen MR) is 71.4 cm³/mol. The first-order chi connectivity index (χ1) is 8.35. The van der Waals surface area contributed by atoms with Gasteiger partial charge in [-0.25, -0.2) is 0 Å². The summed E-state index contributed by atoms with van der Waals surface area (Å²) in [6.07, 6.45) is 1.96. The van der Waals surface area contributed by atoms with Crippen LogP contribution in [0.15, 0.2) is 0 Å². The van der Waals surface area contributed by atoms with Crippen molar-refractivity contribution in [1.29, 1.82) is 0 Å². The Morgan fingerprint density at radius 1 is 1.22 bits per heavy atom. The lowest BCUT2D eigenvalue weighted by atomic mass is 10.2. The Kier molecular flexibility index (Phi) is 8.37. The molecule has 0 aromatic carbocycles. The van der Waals surface area contributed by atoms with E-state index in [2.05, 4.69) is 12.2 Å². The van der Waals surface area contributed by atoms with Crippen molar-refractivity contribution in [2.24, 2.45) is 5.92 Å². The minimum Gasteiger partial charge on any atom is -0.480 e. The SMILES string of the molecule is CCCC(C)NC(=O)CN(CC(=O)O)CC(C)C. The zero-order valence-corrected chi connectivity index (χ0v) is 11.9. The van der Waals surface area contributed by atoms with Crippen molar-refractivity contribution in [3.8, 4) is 0 Å². The van der Waals surface area contributed by atoms with Gasteiger partial charge in [0.05, 0.1) is 13.1 Å². The van der Waals surface area contributed by atoms with E-state index in [4.69, 9.17) is 5.11 Å². The van der Waals surface area contributed by atoms with Crippen molar-refractivity contribution in [2.45, 2.75) is 46.6 Å². The Bertz CT molecular complexity index is 267. The molecule has 0 saturated carbocycles. The van der Waals surface area contributed by atoms with Gasteiger partial charge in [-0.1, -0.05) is 27.2 Å². The van der Waals surface area contributed by atoms with Gasteiger partial charge in [-0.05, 0) is 19.3 Å². The second-order valence-electron chi connectivity index (χ2n) is 5.21. The molecule has 0 aliphatic carbocycles. The molecular weight excluding hydrogens is 232 g/mol. The highest BCUT2D eigenvalue weighted by atomic mass is 16.4. The summed E-state index contributed by atoms with van der Waals surface area (Å²) in [5, 5.41) is 11.7. The van der Waals surface area contributed by atoms with E-state index in [1.54, 1.807) is 4.90 Å². The molecule has 1 amide bonds. The second-order valence-corrected chi connectivity index (χ2v) is 5.21. The maximum absolute atomic E-state index is 11.8. The molecule has 106 valence electrons. The molecule has 0 fully saturated rings. The first-order valence-corrected chi connectivity index (χ1v) is 6.58. The van der Waals surface area contributed by atoms with Crippen LogP contribution in [0.4, 0.5) is 0 Å². The number of aliphatic carboxylic acids is 1. The van der Waals surface area contributed by atoms with Gasteiger partial charge in [0.15, 0.2) is 0 Å².